The summed E-state index contributed by atoms with van der Waals surface area (Å²) in [5, 5.41) is 6.50. The zero-order valence-corrected chi connectivity index (χ0v) is 17.3. The van der Waals surface area contributed by atoms with Crippen LogP contribution >= 0.6 is 0 Å². The molecule has 1 saturated heterocycles. The van der Waals surface area contributed by atoms with Crippen LogP contribution in [-0.4, -0.2) is 67.4 Å². The molecule has 1 fully saturated rings. The summed E-state index contributed by atoms with van der Waals surface area (Å²) < 4.78 is 45.0. The molecule has 0 aromatic carbocycles. The van der Waals surface area contributed by atoms with E-state index in [1.54, 1.807) is 42.3 Å². The molecule has 3 aromatic rings. The molecule has 0 unspecified atom stereocenters. The predicted octanol–water partition coefficient (Wildman–Crippen LogP) is 3.50. The fraction of sp³-hybridized carbons (Fsp3) is 0.250. The third-order valence-electron chi connectivity index (χ3n) is 4.65. The molecule has 172 valence electrons. The number of aryl methyl sites for hydroxylation is 1. The van der Waals surface area contributed by atoms with E-state index in [0.29, 0.717) is 27.0 Å². The monoisotopic (exact) mass is 461 g/mol. The number of nitrogens with one attached hydrogen (secondary N) is 1. The van der Waals surface area contributed by atoms with Gasteiger partial charge >= 0.3 is 18.2 Å². The molecule has 0 atom stereocenters. The summed E-state index contributed by atoms with van der Waals surface area (Å²) in [4.78, 5) is 33.9. The zero-order valence-electron chi connectivity index (χ0n) is 17.3. The van der Waals surface area contributed by atoms with Crippen LogP contribution in [0.2, 0.25) is 0 Å². The van der Waals surface area contributed by atoms with Crippen molar-refractivity contribution >= 4 is 17.9 Å². The van der Waals surface area contributed by atoms with Gasteiger partial charge in [0.15, 0.2) is 0 Å². The first kappa shape index (κ1) is 22.0. The van der Waals surface area contributed by atoms with Crippen molar-refractivity contribution in [2.24, 2.45) is 7.05 Å². The van der Waals surface area contributed by atoms with Crippen LogP contribution in [0, 0.1) is 0 Å². The summed E-state index contributed by atoms with van der Waals surface area (Å²) in [5.41, 5.74) is 1.50. The van der Waals surface area contributed by atoms with Gasteiger partial charge in [0.25, 0.3) is 0 Å². The van der Waals surface area contributed by atoms with Crippen molar-refractivity contribution in [1.82, 2.24) is 29.5 Å². The van der Waals surface area contributed by atoms with Gasteiger partial charge in [-0.3, -0.25) is 15.0 Å². The van der Waals surface area contributed by atoms with Crippen LogP contribution in [0.15, 0.2) is 49.1 Å². The van der Waals surface area contributed by atoms with E-state index in [1.165, 1.54) is 12.3 Å². The minimum atomic E-state index is -4.53. The highest BCUT2D eigenvalue weighted by molar-refractivity contribution is 6.01. The molecule has 0 bridgehead atoms. The highest BCUT2D eigenvalue weighted by atomic mass is 19.4. The predicted molar refractivity (Wildman–Crippen MR) is 109 cm³/mol. The highest BCUT2D eigenvalue weighted by Gasteiger charge is 2.40. The molecule has 0 saturated carbocycles. The molecular weight excluding hydrogens is 443 g/mol. The number of hydrogen-bond donors (Lipinski definition) is 1. The van der Waals surface area contributed by atoms with Crippen molar-refractivity contribution in [3.05, 3.63) is 49.1 Å². The Morgan fingerprint density at radius 1 is 1.15 bits per heavy atom. The average molecular weight is 461 g/mol. The Kier molecular flexibility index (Phi) is 5.85. The van der Waals surface area contributed by atoms with E-state index in [0.717, 1.165) is 5.56 Å². The second kappa shape index (κ2) is 8.76. The van der Waals surface area contributed by atoms with E-state index in [9.17, 15) is 22.8 Å². The lowest BCUT2D eigenvalue weighted by Crippen LogP contribution is -2.41. The number of alkyl halides is 3. The summed E-state index contributed by atoms with van der Waals surface area (Å²) in [6.07, 6.45) is 1.92. The fourth-order valence-corrected chi connectivity index (χ4v) is 3.15. The molecule has 4 amide bonds. The smallest absolute Gasteiger partial charge is 0.406 e. The average Bonchev–Trinajstić information content (AvgIpc) is 3.34. The van der Waals surface area contributed by atoms with Gasteiger partial charge in [-0.2, -0.15) is 18.3 Å². The van der Waals surface area contributed by atoms with Crippen LogP contribution in [0.1, 0.15) is 0 Å². The molecular formula is C20H18F3N7O3. The standard InChI is InChI=1S/C20H18F3N7O3/c1-28-11-13(9-26-28)16-8-14(4-5-24-16)33-15-2-3-17(25-10-15)27-18(31)30-7-6-29(19(30)32)12-20(21,22)23/h2-5,8-11H,6-7,12H2,1H3,(H,25,27,31). The number of halogens is 3. The summed E-state index contributed by atoms with van der Waals surface area (Å²) in [5.74, 6) is 1.000. The minimum Gasteiger partial charge on any atom is -0.456 e. The second-order valence-electron chi connectivity index (χ2n) is 7.16. The van der Waals surface area contributed by atoms with E-state index < -0.39 is 24.8 Å². The topological polar surface area (TPSA) is 105 Å². The van der Waals surface area contributed by atoms with E-state index in [2.05, 4.69) is 20.4 Å². The van der Waals surface area contributed by atoms with E-state index in [1.807, 2.05) is 6.20 Å². The lowest BCUT2D eigenvalue weighted by atomic mass is 10.2. The second-order valence-corrected chi connectivity index (χ2v) is 7.16. The molecule has 33 heavy (non-hydrogen) atoms. The maximum Gasteiger partial charge on any atom is 0.406 e. The van der Waals surface area contributed by atoms with Gasteiger partial charge in [0, 0.05) is 44.2 Å². The van der Waals surface area contributed by atoms with Gasteiger partial charge in [-0.25, -0.2) is 19.5 Å². The van der Waals surface area contributed by atoms with Gasteiger partial charge < -0.3 is 9.64 Å². The number of hydrogen-bond acceptors (Lipinski definition) is 6. The third kappa shape index (κ3) is 5.37. The SMILES string of the molecule is Cn1cc(-c2cc(Oc3ccc(NC(=O)N4CCN(CC(F)(F)F)C4=O)nc3)ccn2)cn1. The molecule has 13 heteroatoms. The Balaban J connectivity index is 1.36. The van der Waals surface area contributed by atoms with Crippen molar-refractivity contribution in [3.8, 4) is 22.8 Å². The number of rotatable bonds is 5. The van der Waals surface area contributed by atoms with Crippen LogP contribution in [0.5, 0.6) is 11.5 Å². The van der Waals surface area contributed by atoms with Gasteiger partial charge in [0.1, 0.15) is 23.9 Å². The van der Waals surface area contributed by atoms with E-state index >= 15 is 0 Å². The Morgan fingerprint density at radius 2 is 1.97 bits per heavy atom. The number of ether oxygens (including phenoxy) is 1. The van der Waals surface area contributed by atoms with Gasteiger partial charge in [-0.05, 0) is 18.2 Å². The molecule has 10 nitrogen and oxygen atoms in total. The Hall–Kier alpha value is -4.16. The molecule has 1 N–H and O–H groups in total. The number of amides is 4. The third-order valence-corrected chi connectivity index (χ3v) is 4.65. The van der Waals surface area contributed by atoms with Crippen LogP contribution in [0.4, 0.5) is 28.6 Å². The number of pyridine rings is 2. The van der Waals surface area contributed by atoms with Crippen LogP contribution in [0.25, 0.3) is 11.3 Å². The molecule has 4 heterocycles. The maximum atomic E-state index is 12.5. The first-order valence-electron chi connectivity index (χ1n) is 9.71. The summed E-state index contributed by atoms with van der Waals surface area (Å²) in [6, 6.07) is 4.53. The van der Waals surface area contributed by atoms with Crippen LogP contribution in [0.3, 0.4) is 0 Å². The lowest BCUT2D eigenvalue weighted by molar-refractivity contribution is -0.138. The van der Waals surface area contributed by atoms with Crippen molar-refractivity contribution in [1.29, 1.82) is 0 Å². The normalized spacial score (nSPS) is 14.0. The lowest BCUT2D eigenvalue weighted by Gasteiger charge is -2.19. The van der Waals surface area contributed by atoms with Crippen molar-refractivity contribution in [2.75, 3.05) is 25.0 Å². The summed E-state index contributed by atoms with van der Waals surface area (Å²) >= 11 is 0. The number of urea groups is 2. The molecule has 3 aromatic heterocycles. The molecule has 1 aliphatic rings. The Bertz CT molecular complexity index is 1160. The highest BCUT2D eigenvalue weighted by Crippen LogP contribution is 2.26. The largest absolute Gasteiger partial charge is 0.456 e. The van der Waals surface area contributed by atoms with Gasteiger partial charge in [0.2, 0.25) is 0 Å². The number of nitrogens with zero attached hydrogens (tertiary/aromatic N) is 6. The van der Waals surface area contributed by atoms with Crippen LogP contribution in [-0.2, 0) is 7.05 Å². The van der Waals surface area contributed by atoms with Crippen molar-refractivity contribution < 1.29 is 27.5 Å². The van der Waals surface area contributed by atoms with Crippen LogP contribution < -0.4 is 10.1 Å². The first-order valence-corrected chi connectivity index (χ1v) is 9.71. The van der Waals surface area contributed by atoms with E-state index in [-0.39, 0.29) is 18.9 Å². The maximum absolute atomic E-state index is 12.5. The Morgan fingerprint density at radius 3 is 2.64 bits per heavy atom. The molecule has 1 aliphatic heterocycles. The number of imide groups is 1. The molecule has 4 rings (SSSR count). The Labute approximate surface area is 185 Å². The fourth-order valence-electron chi connectivity index (χ4n) is 3.15. The minimum absolute atomic E-state index is 0.111. The van der Waals surface area contributed by atoms with Crippen molar-refractivity contribution in [3.63, 3.8) is 0 Å². The summed E-state index contributed by atoms with van der Waals surface area (Å²) in [6.45, 7) is -1.75. The molecule has 0 radical (unpaired) electrons. The molecule has 0 aliphatic carbocycles. The molecule has 0 spiro atoms. The first-order chi connectivity index (χ1) is 15.7. The number of aromatic nitrogens is 4. The number of anilines is 1. The quantitative estimate of drug-likeness (QED) is 0.624. The number of carbonyl (C=O) groups excluding carboxylic acids is 2. The van der Waals surface area contributed by atoms with Gasteiger partial charge in [-0.1, -0.05) is 0 Å². The van der Waals surface area contributed by atoms with E-state index in [4.69, 9.17) is 4.74 Å². The number of carbonyl (C=O) groups is 2. The van der Waals surface area contributed by atoms with Gasteiger partial charge in [0.05, 0.1) is 18.1 Å². The van der Waals surface area contributed by atoms with Gasteiger partial charge in [-0.15, -0.1) is 0 Å². The summed E-state index contributed by atoms with van der Waals surface area (Å²) in [7, 11) is 1.80. The zero-order chi connectivity index (χ0) is 23.6. The van der Waals surface area contributed by atoms with Crippen molar-refractivity contribution in [2.45, 2.75) is 6.18 Å².